The molecule has 146 valence electrons. The number of rotatable bonds is 8. The third-order valence-corrected chi connectivity index (χ3v) is 6.03. The number of ether oxygens (including phenoxy) is 2. The second kappa shape index (κ2) is 10.4. The molecule has 2 fully saturated rings. The van der Waals surface area contributed by atoms with Crippen molar-refractivity contribution in [1.29, 1.82) is 0 Å². The molecule has 0 radical (unpaired) electrons. The first-order chi connectivity index (χ1) is 12.7. The molecule has 0 unspecified atom stereocenters. The number of aliphatic hydroxyl groups is 1. The zero-order valence-electron chi connectivity index (χ0n) is 15.9. The smallest absolute Gasteiger partial charge is 0.161 e. The molecule has 6 heteroatoms. The first-order valence-electron chi connectivity index (χ1n) is 9.75. The number of thioether (sulfide) groups is 1. The van der Waals surface area contributed by atoms with Gasteiger partial charge >= 0.3 is 0 Å². The highest BCUT2D eigenvalue weighted by Crippen LogP contribution is 2.29. The van der Waals surface area contributed by atoms with Gasteiger partial charge in [0.2, 0.25) is 0 Å². The third-order valence-electron chi connectivity index (χ3n) is 5.09. The fraction of sp³-hybridized carbons (Fsp3) is 0.700. The van der Waals surface area contributed by atoms with Gasteiger partial charge in [-0.15, -0.1) is 0 Å². The van der Waals surface area contributed by atoms with Gasteiger partial charge in [-0.3, -0.25) is 9.80 Å². The molecule has 0 amide bonds. The lowest BCUT2D eigenvalue weighted by Crippen LogP contribution is -2.40. The fourth-order valence-corrected chi connectivity index (χ4v) is 4.60. The number of benzene rings is 1. The summed E-state index contributed by atoms with van der Waals surface area (Å²) in [5.74, 6) is 3.77. The van der Waals surface area contributed by atoms with Crippen molar-refractivity contribution in [3.05, 3.63) is 23.8 Å². The number of nitrogens with zero attached hydrogens (tertiary/aromatic N) is 2. The van der Waals surface area contributed by atoms with Crippen molar-refractivity contribution < 1.29 is 14.6 Å². The number of β-amino-alcohol motifs (C(OH)–C–C–N with tert-alkyl or cyclic N) is 1. The van der Waals surface area contributed by atoms with Crippen LogP contribution in [-0.4, -0.2) is 79.0 Å². The lowest BCUT2D eigenvalue weighted by molar-refractivity contribution is 0.0704. The first-order valence-corrected chi connectivity index (χ1v) is 10.9. The summed E-state index contributed by atoms with van der Waals surface area (Å²) in [6.07, 6.45) is 3.47. The monoisotopic (exact) mass is 380 g/mol. The Morgan fingerprint density at radius 2 is 1.81 bits per heavy atom. The predicted molar refractivity (Wildman–Crippen MR) is 107 cm³/mol. The number of aliphatic hydroxyl groups excluding tert-OH is 1. The largest absolute Gasteiger partial charge is 0.493 e. The van der Waals surface area contributed by atoms with Crippen LogP contribution in [0.2, 0.25) is 0 Å². The molecule has 0 bridgehead atoms. The number of hydrogen-bond donors (Lipinski definition) is 1. The summed E-state index contributed by atoms with van der Waals surface area (Å²) in [4.78, 5) is 4.81. The lowest BCUT2D eigenvalue weighted by Gasteiger charge is -2.28. The molecule has 1 aromatic carbocycles. The molecule has 5 nitrogen and oxygen atoms in total. The summed E-state index contributed by atoms with van der Waals surface area (Å²) < 4.78 is 11.4. The molecule has 2 saturated heterocycles. The highest BCUT2D eigenvalue weighted by Gasteiger charge is 2.17. The molecule has 2 aliphatic heterocycles. The summed E-state index contributed by atoms with van der Waals surface area (Å²) in [6.45, 7) is 6.41. The van der Waals surface area contributed by atoms with Crippen molar-refractivity contribution in [2.24, 2.45) is 0 Å². The molecule has 0 aromatic heterocycles. The highest BCUT2D eigenvalue weighted by atomic mass is 32.2. The van der Waals surface area contributed by atoms with Crippen LogP contribution in [0.3, 0.4) is 0 Å². The van der Waals surface area contributed by atoms with Crippen molar-refractivity contribution in [2.45, 2.75) is 31.9 Å². The zero-order chi connectivity index (χ0) is 18.2. The summed E-state index contributed by atoms with van der Waals surface area (Å²) in [5.41, 5.74) is 1.25. The molecule has 0 aliphatic carbocycles. The minimum atomic E-state index is -0.476. The second-order valence-electron chi connectivity index (χ2n) is 7.20. The van der Waals surface area contributed by atoms with Crippen LogP contribution in [0.25, 0.3) is 0 Å². The van der Waals surface area contributed by atoms with Crippen molar-refractivity contribution in [3.8, 4) is 11.5 Å². The average Bonchev–Trinajstić information content (AvgIpc) is 2.68. The van der Waals surface area contributed by atoms with Crippen LogP contribution >= 0.6 is 11.8 Å². The van der Waals surface area contributed by atoms with Gasteiger partial charge in [-0.05, 0) is 43.6 Å². The van der Waals surface area contributed by atoms with Crippen molar-refractivity contribution in [2.75, 3.05) is 57.9 Å². The Kier molecular flexibility index (Phi) is 7.92. The minimum absolute atomic E-state index is 0.297. The maximum absolute atomic E-state index is 10.3. The summed E-state index contributed by atoms with van der Waals surface area (Å²) in [5, 5.41) is 10.3. The van der Waals surface area contributed by atoms with Crippen LogP contribution in [0.5, 0.6) is 11.5 Å². The molecule has 0 saturated carbocycles. The molecule has 1 N–H and O–H groups in total. The first kappa shape index (κ1) is 19.8. The Bertz CT molecular complexity index is 546. The normalized spacial score (nSPS) is 20.7. The Hall–Kier alpha value is -0.950. The SMILES string of the molecule is COc1cc(CN2CCCCC2)ccc1OC[C@@H](O)CN1CCSCC1. The lowest BCUT2D eigenvalue weighted by atomic mass is 10.1. The molecular weight excluding hydrogens is 348 g/mol. The Balaban J connectivity index is 1.50. The fourth-order valence-electron chi connectivity index (χ4n) is 3.63. The topological polar surface area (TPSA) is 45.2 Å². The Morgan fingerprint density at radius 3 is 2.54 bits per heavy atom. The number of likely N-dealkylation sites (tertiary alicyclic amines) is 1. The van der Waals surface area contributed by atoms with Gasteiger partial charge in [-0.1, -0.05) is 12.5 Å². The number of piperidine rings is 1. The maximum atomic E-state index is 10.3. The zero-order valence-corrected chi connectivity index (χ0v) is 16.7. The van der Waals surface area contributed by atoms with Crippen molar-refractivity contribution in [3.63, 3.8) is 0 Å². The van der Waals surface area contributed by atoms with E-state index in [2.05, 4.69) is 21.9 Å². The molecule has 3 rings (SSSR count). The van der Waals surface area contributed by atoms with Gasteiger partial charge in [0.1, 0.15) is 12.7 Å². The standard InChI is InChI=1S/C20H32N2O3S/c1-24-20-13-17(14-21-7-3-2-4-8-21)5-6-19(20)25-16-18(23)15-22-9-11-26-12-10-22/h5-6,13,18,23H,2-4,7-12,14-16H2,1H3/t18-/m0/s1. The van der Waals surface area contributed by atoms with E-state index in [0.29, 0.717) is 18.9 Å². The van der Waals surface area contributed by atoms with E-state index in [4.69, 9.17) is 9.47 Å². The summed E-state index contributed by atoms with van der Waals surface area (Å²) >= 11 is 1.98. The summed E-state index contributed by atoms with van der Waals surface area (Å²) in [7, 11) is 1.68. The van der Waals surface area contributed by atoms with E-state index in [9.17, 15) is 5.11 Å². The molecular formula is C20H32N2O3S. The highest BCUT2D eigenvalue weighted by molar-refractivity contribution is 7.99. The van der Waals surface area contributed by atoms with Crippen molar-refractivity contribution >= 4 is 11.8 Å². The molecule has 1 atom stereocenters. The van der Waals surface area contributed by atoms with E-state index in [1.165, 1.54) is 37.9 Å². The van der Waals surface area contributed by atoms with E-state index < -0.39 is 6.10 Å². The Morgan fingerprint density at radius 1 is 1.04 bits per heavy atom. The predicted octanol–water partition coefficient (Wildman–Crippen LogP) is 2.47. The minimum Gasteiger partial charge on any atom is -0.493 e. The molecule has 26 heavy (non-hydrogen) atoms. The van der Waals surface area contributed by atoms with Gasteiger partial charge in [0.15, 0.2) is 11.5 Å². The van der Waals surface area contributed by atoms with Crippen LogP contribution < -0.4 is 9.47 Å². The van der Waals surface area contributed by atoms with Gasteiger partial charge in [0.25, 0.3) is 0 Å². The molecule has 2 heterocycles. The van der Waals surface area contributed by atoms with Crippen LogP contribution in [0.4, 0.5) is 0 Å². The van der Waals surface area contributed by atoms with E-state index >= 15 is 0 Å². The van der Waals surface area contributed by atoms with Gasteiger partial charge in [-0.2, -0.15) is 11.8 Å². The Labute approximate surface area is 161 Å². The van der Waals surface area contributed by atoms with Crippen molar-refractivity contribution in [1.82, 2.24) is 9.80 Å². The number of hydrogen-bond acceptors (Lipinski definition) is 6. The van der Waals surface area contributed by atoms with E-state index in [0.717, 1.165) is 36.9 Å². The maximum Gasteiger partial charge on any atom is 0.161 e. The quantitative estimate of drug-likeness (QED) is 0.748. The van der Waals surface area contributed by atoms with Gasteiger partial charge in [0, 0.05) is 37.7 Å². The average molecular weight is 381 g/mol. The molecule has 2 aliphatic rings. The van der Waals surface area contributed by atoms with Gasteiger partial charge in [-0.25, -0.2) is 0 Å². The molecule has 0 spiro atoms. The van der Waals surface area contributed by atoms with Crippen LogP contribution in [0.15, 0.2) is 18.2 Å². The van der Waals surface area contributed by atoms with Crippen LogP contribution in [-0.2, 0) is 6.54 Å². The van der Waals surface area contributed by atoms with Gasteiger partial charge in [0.05, 0.1) is 7.11 Å². The number of methoxy groups -OCH3 is 1. The third kappa shape index (κ3) is 6.05. The van der Waals surface area contributed by atoms with Gasteiger partial charge < -0.3 is 14.6 Å². The second-order valence-corrected chi connectivity index (χ2v) is 8.42. The van der Waals surface area contributed by atoms with E-state index in [1.54, 1.807) is 7.11 Å². The van der Waals surface area contributed by atoms with Crippen LogP contribution in [0.1, 0.15) is 24.8 Å². The summed E-state index contributed by atoms with van der Waals surface area (Å²) in [6, 6.07) is 6.15. The van der Waals surface area contributed by atoms with E-state index in [-0.39, 0.29) is 0 Å². The van der Waals surface area contributed by atoms with Crippen LogP contribution in [0, 0.1) is 0 Å². The van der Waals surface area contributed by atoms with E-state index in [1.807, 2.05) is 17.8 Å². The molecule has 1 aromatic rings.